The number of hydrogen-bond donors (Lipinski definition) is 2. The van der Waals surface area contributed by atoms with Gasteiger partial charge in [0, 0.05) is 23.4 Å². The van der Waals surface area contributed by atoms with Gasteiger partial charge in [-0.3, -0.25) is 4.79 Å². The quantitative estimate of drug-likeness (QED) is 0.791. The molecule has 0 spiro atoms. The second-order valence-corrected chi connectivity index (χ2v) is 7.98. The molecule has 2 aromatic rings. The highest BCUT2D eigenvalue weighted by Gasteiger charge is 2.19. The fraction of sp³-hybridized carbons (Fsp3) is 0.316. The molecule has 2 N–H and O–H groups in total. The monoisotopic (exact) mass is 390 g/mol. The Morgan fingerprint density at radius 3 is 2.59 bits per heavy atom. The molecule has 0 aromatic heterocycles. The minimum atomic E-state index is -3.68. The lowest BCUT2D eigenvalue weighted by Crippen LogP contribution is -2.32. The van der Waals surface area contributed by atoms with Gasteiger partial charge < -0.3 is 14.8 Å². The van der Waals surface area contributed by atoms with Crippen LogP contribution in [0, 0.1) is 0 Å². The van der Waals surface area contributed by atoms with Crippen molar-refractivity contribution in [3.63, 3.8) is 0 Å². The molecule has 0 saturated carbocycles. The molecule has 0 radical (unpaired) electrons. The van der Waals surface area contributed by atoms with Crippen molar-refractivity contribution in [2.45, 2.75) is 31.2 Å². The minimum Gasteiger partial charge on any atom is -0.486 e. The molecule has 1 aliphatic rings. The van der Waals surface area contributed by atoms with Gasteiger partial charge in [-0.1, -0.05) is 13.0 Å². The zero-order valence-corrected chi connectivity index (χ0v) is 16.0. The second-order valence-electron chi connectivity index (χ2n) is 6.27. The summed E-state index contributed by atoms with van der Waals surface area (Å²) in [6.45, 7) is 4.62. The third-order valence-corrected chi connectivity index (χ3v) is 5.76. The van der Waals surface area contributed by atoms with E-state index >= 15 is 0 Å². The van der Waals surface area contributed by atoms with Crippen LogP contribution in [0.1, 0.15) is 30.6 Å². The highest BCUT2D eigenvalue weighted by Crippen LogP contribution is 2.32. The molecule has 8 heteroatoms. The van der Waals surface area contributed by atoms with E-state index < -0.39 is 15.9 Å². The van der Waals surface area contributed by atoms with Crippen molar-refractivity contribution in [3.05, 3.63) is 48.0 Å². The molecule has 0 saturated heterocycles. The first kappa shape index (κ1) is 19.2. The fourth-order valence-electron chi connectivity index (χ4n) is 2.55. The van der Waals surface area contributed by atoms with Gasteiger partial charge in [0.05, 0.1) is 4.90 Å². The van der Waals surface area contributed by atoms with Crippen molar-refractivity contribution in [3.8, 4) is 11.5 Å². The molecule has 1 amide bonds. The number of hydrogen-bond acceptors (Lipinski definition) is 5. The number of carbonyl (C=O) groups is 1. The van der Waals surface area contributed by atoms with Gasteiger partial charge in [0.2, 0.25) is 10.0 Å². The van der Waals surface area contributed by atoms with Gasteiger partial charge in [-0.15, -0.1) is 0 Å². The van der Waals surface area contributed by atoms with Crippen molar-refractivity contribution in [2.24, 2.45) is 0 Å². The number of carbonyl (C=O) groups excluding carboxylic acids is 1. The van der Waals surface area contributed by atoms with Crippen molar-refractivity contribution in [1.82, 2.24) is 4.72 Å². The van der Waals surface area contributed by atoms with Gasteiger partial charge in [0.1, 0.15) is 13.2 Å². The molecular formula is C19H22N2O5S. The van der Waals surface area contributed by atoms with E-state index in [4.69, 9.17) is 9.47 Å². The molecule has 0 aliphatic carbocycles. The first-order valence-corrected chi connectivity index (χ1v) is 10.2. The zero-order chi connectivity index (χ0) is 19.4. The Kier molecular flexibility index (Phi) is 5.67. The summed E-state index contributed by atoms with van der Waals surface area (Å²) in [4.78, 5) is 12.6. The number of amides is 1. The van der Waals surface area contributed by atoms with Gasteiger partial charge >= 0.3 is 0 Å². The van der Waals surface area contributed by atoms with Crippen molar-refractivity contribution in [2.75, 3.05) is 18.5 Å². The number of anilines is 1. The predicted molar refractivity (Wildman–Crippen MR) is 102 cm³/mol. The summed E-state index contributed by atoms with van der Waals surface area (Å²) in [6.07, 6.45) is 0.670. The predicted octanol–water partition coefficient (Wildman–Crippen LogP) is 2.79. The number of ether oxygens (including phenoxy) is 2. The smallest absolute Gasteiger partial charge is 0.255 e. The van der Waals surface area contributed by atoms with Crippen LogP contribution in [0.3, 0.4) is 0 Å². The largest absolute Gasteiger partial charge is 0.486 e. The Bertz CT molecular complexity index is 943. The van der Waals surface area contributed by atoms with Gasteiger partial charge in [-0.05, 0) is 43.7 Å². The van der Waals surface area contributed by atoms with Gasteiger partial charge in [-0.25, -0.2) is 13.1 Å². The van der Waals surface area contributed by atoms with Crippen LogP contribution >= 0.6 is 0 Å². The molecule has 1 unspecified atom stereocenters. The summed E-state index contributed by atoms with van der Waals surface area (Å²) >= 11 is 0. The Morgan fingerprint density at radius 2 is 1.85 bits per heavy atom. The van der Waals surface area contributed by atoms with E-state index in [0.29, 0.717) is 36.8 Å². The summed E-state index contributed by atoms with van der Waals surface area (Å²) in [6, 6.07) is 10.9. The first-order chi connectivity index (χ1) is 12.9. The van der Waals surface area contributed by atoms with Crippen molar-refractivity contribution >= 4 is 21.6 Å². The Balaban J connectivity index is 1.78. The Labute approximate surface area is 158 Å². The average Bonchev–Trinajstić information content (AvgIpc) is 2.67. The number of benzene rings is 2. The molecule has 1 aliphatic heterocycles. The molecule has 0 bridgehead atoms. The van der Waals surface area contributed by atoms with Gasteiger partial charge in [0.25, 0.3) is 5.91 Å². The van der Waals surface area contributed by atoms with Crippen LogP contribution in [0.15, 0.2) is 47.4 Å². The highest BCUT2D eigenvalue weighted by atomic mass is 32.2. The lowest BCUT2D eigenvalue weighted by Gasteiger charge is -2.19. The molecule has 144 valence electrons. The summed E-state index contributed by atoms with van der Waals surface area (Å²) < 4.78 is 38.4. The van der Waals surface area contributed by atoms with Gasteiger partial charge in [0.15, 0.2) is 11.5 Å². The molecule has 1 atom stereocenters. The van der Waals surface area contributed by atoms with Crippen LogP contribution in [-0.4, -0.2) is 33.6 Å². The molecule has 2 aromatic carbocycles. The Morgan fingerprint density at radius 1 is 1.11 bits per heavy atom. The molecule has 7 nitrogen and oxygen atoms in total. The lowest BCUT2D eigenvalue weighted by molar-refractivity contribution is 0.102. The van der Waals surface area contributed by atoms with Crippen molar-refractivity contribution in [1.29, 1.82) is 0 Å². The van der Waals surface area contributed by atoms with Crippen LogP contribution in [0.4, 0.5) is 5.69 Å². The minimum absolute atomic E-state index is 0.0534. The zero-order valence-electron chi connectivity index (χ0n) is 15.2. The Hall–Kier alpha value is -2.58. The third-order valence-electron chi connectivity index (χ3n) is 4.18. The van der Waals surface area contributed by atoms with E-state index in [1.54, 1.807) is 37.3 Å². The summed E-state index contributed by atoms with van der Waals surface area (Å²) in [7, 11) is -3.68. The van der Waals surface area contributed by atoms with Crippen LogP contribution < -0.4 is 19.5 Å². The SMILES string of the molecule is CCC(C)NS(=O)(=O)c1cccc(C(=O)Nc2ccc3c(c2)OCCO3)c1. The van der Waals surface area contributed by atoms with Crippen LogP contribution in [0.5, 0.6) is 11.5 Å². The number of nitrogens with one attached hydrogen (secondary N) is 2. The van der Waals surface area contributed by atoms with Crippen LogP contribution in [-0.2, 0) is 10.0 Å². The summed E-state index contributed by atoms with van der Waals surface area (Å²) in [5, 5.41) is 2.75. The van der Waals surface area contributed by atoms with E-state index in [9.17, 15) is 13.2 Å². The third kappa shape index (κ3) is 4.58. The normalized spacial score (nSPS) is 14.4. The molecule has 0 fully saturated rings. The topological polar surface area (TPSA) is 93.7 Å². The van der Waals surface area contributed by atoms with Gasteiger partial charge in [-0.2, -0.15) is 0 Å². The van der Waals surface area contributed by atoms with E-state index in [-0.39, 0.29) is 16.5 Å². The van der Waals surface area contributed by atoms with E-state index in [2.05, 4.69) is 10.0 Å². The summed E-state index contributed by atoms with van der Waals surface area (Å²) in [5.74, 6) is 0.781. The summed E-state index contributed by atoms with van der Waals surface area (Å²) in [5.41, 5.74) is 0.784. The maximum Gasteiger partial charge on any atom is 0.255 e. The van der Waals surface area contributed by atoms with E-state index in [1.165, 1.54) is 12.1 Å². The number of sulfonamides is 1. The first-order valence-electron chi connectivity index (χ1n) is 8.72. The standard InChI is InChI=1S/C19H22N2O5S/c1-3-13(2)21-27(23,24)16-6-4-5-14(11-16)19(22)20-15-7-8-17-18(12-15)26-10-9-25-17/h4-8,11-13,21H,3,9-10H2,1-2H3,(H,20,22). The number of fused-ring (bicyclic) bond motifs is 1. The maximum absolute atomic E-state index is 12.5. The molecule has 3 rings (SSSR count). The fourth-order valence-corrected chi connectivity index (χ4v) is 3.92. The lowest BCUT2D eigenvalue weighted by atomic mass is 10.2. The van der Waals surface area contributed by atoms with E-state index in [1.807, 2.05) is 6.92 Å². The van der Waals surface area contributed by atoms with Crippen molar-refractivity contribution < 1.29 is 22.7 Å². The average molecular weight is 390 g/mol. The maximum atomic E-state index is 12.5. The van der Waals surface area contributed by atoms with Crippen LogP contribution in [0.2, 0.25) is 0 Å². The van der Waals surface area contributed by atoms with E-state index in [0.717, 1.165) is 0 Å². The highest BCUT2D eigenvalue weighted by molar-refractivity contribution is 7.89. The second kappa shape index (κ2) is 7.98. The molecule has 27 heavy (non-hydrogen) atoms. The molecule has 1 heterocycles. The van der Waals surface area contributed by atoms with Crippen LogP contribution in [0.25, 0.3) is 0 Å². The number of rotatable bonds is 6. The molecular weight excluding hydrogens is 368 g/mol.